The van der Waals surface area contributed by atoms with Crippen molar-refractivity contribution >= 4 is 29.8 Å². The Hall–Kier alpha value is -3.73. The van der Waals surface area contributed by atoms with Crippen molar-refractivity contribution in [2.75, 3.05) is 6.54 Å². The topological polar surface area (TPSA) is 107 Å². The number of benzene rings is 1. The highest BCUT2D eigenvalue weighted by Crippen LogP contribution is 2.48. The highest BCUT2D eigenvalue weighted by Gasteiger charge is 2.34. The molecule has 1 aromatic carbocycles. The van der Waals surface area contributed by atoms with Crippen LogP contribution in [0.4, 0.5) is 8.28 Å². The largest absolute Gasteiger partial charge is 0.368 e. The zero-order chi connectivity index (χ0) is 23.1. The van der Waals surface area contributed by atoms with Crippen molar-refractivity contribution in [1.29, 1.82) is 0 Å². The van der Waals surface area contributed by atoms with Crippen molar-refractivity contribution in [3.63, 3.8) is 0 Å². The van der Waals surface area contributed by atoms with E-state index in [0.29, 0.717) is 28.0 Å². The Morgan fingerprint density at radius 2 is 1.88 bits per heavy atom. The Morgan fingerprint density at radius 1 is 1.15 bits per heavy atom. The zero-order valence-corrected chi connectivity index (χ0v) is 18.0. The molecule has 33 heavy (non-hydrogen) atoms. The normalized spacial score (nSPS) is 13.4. The van der Waals surface area contributed by atoms with Crippen LogP contribution in [0.2, 0.25) is 0 Å². The van der Waals surface area contributed by atoms with Gasteiger partial charge in [-0.2, -0.15) is 9.19 Å². The van der Waals surface area contributed by atoms with Crippen LogP contribution in [0.3, 0.4) is 0 Å². The molecule has 3 N–H and O–H groups in total. The number of pyridine rings is 1. The summed E-state index contributed by atoms with van der Waals surface area (Å²) in [7, 11) is 0. The molecule has 0 unspecified atom stereocenters. The van der Waals surface area contributed by atoms with Crippen molar-refractivity contribution in [2.24, 2.45) is 5.73 Å². The molecule has 4 aromatic rings. The molecule has 11 heteroatoms. The van der Waals surface area contributed by atoms with Crippen LogP contribution in [-0.4, -0.2) is 36.9 Å². The molecule has 8 nitrogen and oxygen atoms in total. The van der Waals surface area contributed by atoms with E-state index >= 15 is 0 Å². The Kier molecular flexibility index (Phi) is 5.33. The summed E-state index contributed by atoms with van der Waals surface area (Å²) in [5.74, 6) is -1.39. The van der Waals surface area contributed by atoms with Crippen LogP contribution >= 0.6 is 12.3 Å². The number of hydrogen-bond donors (Lipinski definition) is 2. The summed E-state index contributed by atoms with van der Waals surface area (Å²) in [6, 6.07) is 9.43. The number of fused-ring (bicyclic) bond motifs is 1. The maximum absolute atomic E-state index is 13.8. The van der Waals surface area contributed by atoms with E-state index in [1.165, 1.54) is 22.4 Å². The van der Waals surface area contributed by atoms with Gasteiger partial charge < -0.3 is 11.1 Å². The van der Waals surface area contributed by atoms with E-state index in [9.17, 15) is 17.9 Å². The van der Waals surface area contributed by atoms with Gasteiger partial charge in [0.25, 0.3) is 5.91 Å². The molecule has 5 rings (SSSR count). The zero-order valence-electron chi connectivity index (χ0n) is 17.2. The quantitative estimate of drug-likeness (QED) is 0.432. The van der Waals surface area contributed by atoms with Gasteiger partial charge in [-0.25, -0.2) is 9.37 Å². The summed E-state index contributed by atoms with van der Waals surface area (Å²) in [4.78, 5) is 27.8. The molecule has 0 aliphatic heterocycles. The van der Waals surface area contributed by atoms with Gasteiger partial charge in [-0.3, -0.25) is 14.0 Å². The van der Waals surface area contributed by atoms with Gasteiger partial charge in [0.2, 0.25) is 5.91 Å². The molecule has 1 aliphatic carbocycles. The minimum Gasteiger partial charge on any atom is -0.368 e. The number of nitrogens with two attached hydrogens (primary N) is 1. The molecule has 3 heterocycles. The molecule has 168 valence electrons. The van der Waals surface area contributed by atoms with Crippen LogP contribution < -0.4 is 11.1 Å². The average molecular weight is 468 g/mol. The van der Waals surface area contributed by atoms with Crippen LogP contribution in [0.25, 0.3) is 28.0 Å². The minimum atomic E-state index is -0.660. The number of aromatic nitrogens is 4. The lowest BCUT2D eigenvalue weighted by Crippen LogP contribution is -2.33. The number of nitrogens with one attached hydrogen (secondary N) is 1. The van der Waals surface area contributed by atoms with Crippen LogP contribution in [0.1, 0.15) is 34.9 Å². The minimum absolute atomic E-state index is 0.0183. The summed E-state index contributed by atoms with van der Waals surface area (Å²) in [6.07, 6.45) is 4.95. The Bertz CT molecular complexity index is 1380. The van der Waals surface area contributed by atoms with E-state index in [1.54, 1.807) is 28.8 Å². The van der Waals surface area contributed by atoms with Gasteiger partial charge in [0.1, 0.15) is 22.9 Å². The van der Waals surface area contributed by atoms with E-state index in [1.807, 2.05) is 6.07 Å². The maximum Gasteiger partial charge on any atom is 0.270 e. The lowest BCUT2D eigenvalue weighted by molar-refractivity contribution is -0.117. The lowest BCUT2D eigenvalue weighted by Gasteiger charge is -2.09. The Labute approximate surface area is 191 Å². The molecule has 2 amide bonds. The third-order valence-corrected chi connectivity index (χ3v) is 5.90. The van der Waals surface area contributed by atoms with Gasteiger partial charge in [-0.1, -0.05) is 0 Å². The van der Waals surface area contributed by atoms with Gasteiger partial charge >= 0.3 is 0 Å². The molecule has 0 atom stereocenters. The summed E-state index contributed by atoms with van der Waals surface area (Å²) in [5.41, 5.74) is 9.16. The fraction of sp³-hybridized carbons (Fsp3) is 0.182. The monoisotopic (exact) mass is 468 g/mol. The molecular formula is C22H18F2N6O2S. The van der Waals surface area contributed by atoms with E-state index in [-0.39, 0.29) is 36.3 Å². The Balaban J connectivity index is 1.67. The summed E-state index contributed by atoms with van der Waals surface area (Å²) < 4.78 is 30.2. The fourth-order valence-corrected chi connectivity index (χ4v) is 4.26. The average Bonchev–Trinajstić information content (AvgIpc) is 3.44. The van der Waals surface area contributed by atoms with Crippen molar-refractivity contribution in [1.82, 2.24) is 23.9 Å². The number of carbonyl (C=O) groups is 2. The first kappa shape index (κ1) is 21.1. The van der Waals surface area contributed by atoms with Gasteiger partial charge in [0.15, 0.2) is 12.3 Å². The number of amides is 2. The number of nitrogens with zero attached hydrogens (tertiary/aromatic N) is 4. The van der Waals surface area contributed by atoms with Gasteiger partial charge in [-0.05, 0) is 49.2 Å². The highest BCUT2D eigenvalue weighted by molar-refractivity contribution is 7.92. The fourth-order valence-electron chi connectivity index (χ4n) is 3.83. The number of rotatable bonds is 7. The van der Waals surface area contributed by atoms with E-state index in [2.05, 4.69) is 15.4 Å². The SMILES string of the molecule is NC(=O)CNC(=O)c1cnc2ccc(-c3c(-c4ccc(F)cc4)nn(SF)c3C3CC3)cn12. The lowest BCUT2D eigenvalue weighted by atomic mass is 9.98. The van der Waals surface area contributed by atoms with E-state index < -0.39 is 11.8 Å². The molecule has 3 aromatic heterocycles. The summed E-state index contributed by atoms with van der Waals surface area (Å²) >= 11 is 0.0183. The van der Waals surface area contributed by atoms with Crippen LogP contribution in [0, 0.1) is 5.82 Å². The van der Waals surface area contributed by atoms with Crippen molar-refractivity contribution in [3.8, 4) is 22.4 Å². The molecule has 0 saturated heterocycles. The number of hydrogen-bond acceptors (Lipinski definition) is 5. The molecule has 0 radical (unpaired) electrons. The van der Waals surface area contributed by atoms with Crippen LogP contribution in [0.5, 0.6) is 0 Å². The third kappa shape index (κ3) is 3.95. The smallest absolute Gasteiger partial charge is 0.270 e. The molecule has 1 aliphatic rings. The van der Waals surface area contributed by atoms with Crippen LogP contribution in [0.15, 0.2) is 48.8 Å². The second-order valence-corrected chi connectivity index (χ2v) is 8.25. The van der Waals surface area contributed by atoms with Crippen molar-refractivity contribution < 1.29 is 17.9 Å². The standard InChI is InChI=1S/C22H18F2N6O2S/c23-15-6-3-12(4-7-15)20-19(21(13-1-2-13)30(28-20)33-24)14-5-8-18-26-9-16(29(18)11-14)22(32)27-10-17(25)31/h3-9,11,13H,1-2,10H2,(H2,25,31)(H,27,32). The predicted molar refractivity (Wildman–Crippen MR) is 119 cm³/mol. The number of imidazole rings is 1. The Morgan fingerprint density at radius 3 is 2.55 bits per heavy atom. The molecule has 1 saturated carbocycles. The van der Waals surface area contributed by atoms with Crippen LogP contribution in [-0.2, 0) is 4.79 Å². The van der Waals surface area contributed by atoms with Crippen molar-refractivity contribution in [3.05, 3.63) is 66.0 Å². The first-order valence-corrected chi connectivity index (χ1v) is 10.9. The van der Waals surface area contributed by atoms with Gasteiger partial charge in [0.05, 0.1) is 18.4 Å². The predicted octanol–water partition coefficient (Wildman–Crippen LogP) is 3.48. The maximum atomic E-state index is 13.8. The highest BCUT2D eigenvalue weighted by atomic mass is 32.2. The van der Waals surface area contributed by atoms with E-state index in [4.69, 9.17) is 5.73 Å². The van der Waals surface area contributed by atoms with Crippen molar-refractivity contribution in [2.45, 2.75) is 18.8 Å². The molecular weight excluding hydrogens is 450 g/mol. The second-order valence-electron chi connectivity index (χ2n) is 7.77. The number of carbonyl (C=O) groups excluding carboxylic acids is 2. The number of halogens is 2. The van der Waals surface area contributed by atoms with Gasteiger partial charge in [0, 0.05) is 28.8 Å². The second kappa shape index (κ2) is 8.32. The number of primary amides is 1. The first-order valence-electron chi connectivity index (χ1n) is 10.2. The molecule has 1 fully saturated rings. The third-order valence-electron chi connectivity index (χ3n) is 5.49. The molecule has 0 spiro atoms. The van der Waals surface area contributed by atoms with Gasteiger partial charge in [-0.15, -0.1) is 3.89 Å². The van der Waals surface area contributed by atoms with E-state index in [0.717, 1.165) is 18.5 Å². The summed E-state index contributed by atoms with van der Waals surface area (Å²) in [6.45, 7) is -0.299. The molecule has 0 bridgehead atoms. The first-order chi connectivity index (χ1) is 16.0. The summed E-state index contributed by atoms with van der Waals surface area (Å²) in [5, 5.41) is 6.92.